The summed E-state index contributed by atoms with van der Waals surface area (Å²) in [7, 11) is 0. The van der Waals surface area contributed by atoms with Crippen LogP contribution in [-0.4, -0.2) is 4.86 Å². The van der Waals surface area contributed by atoms with Gasteiger partial charge < -0.3 is 0 Å². The van der Waals surface area contributed by atoms with Crippen molar-refractivity contribution in [2.24, 2.45) is 0 Å². The molecule has 0 heterocycles. The fourth-order valence-corrected chi connectivity index (χ4v) is 0.393. The lowest BCUT2D eigenvalue weighted by atomic mass is 10.3. The van der Waals surface area contributed by atoms with Crippen molar-refractivity contribution >= 4 is 17.1 Å². The molecule has 0 rings (SSSR count). The highest BCUT2D eigenvalue weighted by atomic mass is 32.1. The summed E-state index contributed by atoms with van der Waals surface area (Å²) in [5, 5.41) is 0. The highest BCUT2D eigenvalue weighted by Crippen LogP contribution is 1.87. The van der Waals surface area contributed by atoms with E-state index >= 15 is 0 Å². The summed E-state index contributed by atoms with van der Waals surface area (Å²) in [5.41, 5.74) is 0. The number of rotatable bonds is 2. The minimum absolute atomic E-state index is 0.940. The van der Waals surface area contributed by atoms with Gasteiger partial charge in [-0.3, -0.25) is 0 Å². The van der Waals surface area contributed by atoms with E-state index in [-0.39, 0.29) is 0 Å². The second kappa shape index (κ2) is 3.29. The number of thiocarbonyl (C=S) groups is 1. The Morgan fingerprint density at radius 1 is 1.83 bits per heavy atom. The maximum atomic E-state index is 4.75. The highest BCUT2D eigenvalue weighted by molar-refractivity contribution is 7.80. The summed E-state index contributed by atoms with van der Waals surface area (Å²) in [4.78, 5) is 1.06. The van der Waals surface area contributed by atoms with Gasteiger partial charge in [-0.2, -0.15) is 0 Å². The van der Waals surface area contributed by atoms with Crippen molar-refractivity contribution in [2.75, 3.05) is 0 Å². The summed E-state index contributed by atoms with van der Waals surface area (Å²) in [6.07, 6.45) is 1.94. The molecule has 0 fully saturated rings. The largest absolute Gasteiger partial charge is 0.0900 e. The Kier molecular flexibility index (Phi) is 3.34. The van der Waals surface area contributed by atoms with E-state index in [4.69, 9.17) is 12.2 Å². The molecule has 0 aromatic heterocycles. The third-order valence-electron chi connectivity index (χ3n) is 0.529. The standard InChI is InChI=1S/C5H9S/c1-3-4-5(2)6/h1,3-4H2,2H3. The zero-order valence-electron chi connectivity index (χ0n) is 4.03. The van der Waals surface area contributed by atoms with E-state index in [9.17, 15) is 0 Å². The third-order valence-corrected chi connectivity index (χ3v) is 0.733. The van der Waals surface area contributed by atoms with E-state index in [2.05, 4.69) is 6.92 Å². The molecule has 0 unspecified atom stereocenters. The average Bonchev–Trinajstić information content (AvgIpc) is 1.35. The first-order valence-electron chi connectivity index (χ1n) is 2.06. The van der Waals surface area contributed by atoms with Crippen LogP contribution in [0.15, 0.2) is 0 Å². The summed E-state index contributed by atoms with van der Waals surface area (Å²) in [5.74, 6) is 0. The molecule has 35 valence electrons. The van der Waals surface area contributed by atoms with Crippen LogP contribution < -0.4 is 0 Å². The van der Waals surface area contributed by atoms with Crippen molar-refractivity contribution in [2.45, 2.75) is 19.8 Å². The van der Waals surface area contributed by atoms with E-state index in [0.717, 1.165) is 17.7 Å². The monoisotopic (exact) mass is 101 g/mol. The van der Waals surface area contributed by atoms with Gasteiger partial charge in [0, 0.05) is 0 Å². The molecule has 1 radical (unpaired) electrons. The first-order chi connectivity index (χ1) is 2.77. The minimum Gasteiger partial charge on any atom is -0.0900 e. The molecule has 0 spiro atoms. The molecule has 0 saturated carbocycles. The van der Waals surface area contributed by atoms with Crippen LogP contribution >= 0.6 is 12.2 Å². The van der Waals surface area contributed by atoms with Crippen LogP contribution in [0.3, 0.4) is 0 Å². The van der Waals surface area contributed by atoms with Gasteiger partial charge in [-0.15, -0.1) is 0 Å². The van der Waals surface area contributed by atoms with Crippen LogP contribution in [0, 0.1) is 6.92 Å². The lowest BCUT2D eigenvalue weighted by Crippen LogP contribution is -1.80. The summed E-state index contributed by atoms with van der Waals surface area (Å²) >= 11 is 4.75. The van der Waals surface area contributed by atoms with Gasteiger partial charge in [0.05, 0.1) is 0 Å². The molecule has 0 aromatic carbocycles. The molecule has 6 heavy (non-hydrogen) atoms. The number of hydrogen-bond acceptors (Lipinski definition) is 1. The topological polar surface area (TPSA) is 0 Å². The van der Waals surface area contributed by atoms with Crippen molar-refractivity contribution < 1.29 is 0 Å². The predicted octanol–water partition coefficient (Wildman–Crippen LogP) is 1.99. The molecule has 0 aromatic rings. The van der Waals surface area contributed by atoms with E-state index in [1.165, 1.54) is 0 Å². The Balaban J connectivity index is 2.83. The second-order valence-corrected chi connectivity index (χ2v) is 2.00. The van der Waals surface area contributed by atoms with Crippen molar-refractivity contribution in [3.63, 3.8) is 0 Å². The lowest BCUT2D eigenvalue weighted by molar-refractivity contribution is 1.11. The minimum atomic E-state index is 0.940. The molecule has 0 atom stereocenters. The zero-order valence-corrected chi connectivity index (χ0v) is 4.85. The van der Waals surface area contributed by atoms with Gasteiger partial charge in [-0.05, 0) is 24.6 Å². The summed E-state index contributed by atoms with van der Waals surface area (Å²) < 4.78 is 0. The zero-order chi connectivity index (χ0) is 4.99. The normalized spacial score (nSPS) is 8.33. The van der Waals surface area contributed by atoms with Crippen LogP contribution in [-0.2, 0) is 0 Å². The Labute approximate surface area is 44.6 Å². The van der Waals surface area contributed by atoms with E-state index in [0.29, 0.717) is 0 Å². The molecular formula is C5H9S. The van der Waals surface area contributed by atoms with Gasteiger partial charge in [-0.25, -0.2) is 0 Å². The van der Waals surface area contributed by atoms with Crippen molar-refractivity contribution in [1.29, 1.82) is 0 Å². The van der Waals surface area contributed by atoms with E-state index in [1.807, 2.05) is 6.92 Å². The fourth-order valence-electron chi connectivity index (χ4n) is 0.249. The molecule has 0 bridgehead atoms. The van der Waals surface area contributed by atoms with Gasteiger partial charge in [0.15, 0.2) is 0 Å². The number of hydrogen-bond donors (Lipinski definition) is 0. The Morgan fingerprint density at radius 3 is 2.33 bits per heavy atom. The maximum absolute atomic E-state index is 4.75. The van der Waals surface area contributed by atoms with Crippen LogP contribution in [0.4, 0.5) is 0 Å². The van der Waals surface area contributed by atoms with Gasteiger partial charge in [-0.1, -0.05) is 19.1 Å². The van der Waals surface area contributed by atoms with Gasteiger partial charge >= 0.3 is 0 Å². The summed E-state index contributed by atoms with van der Waals surface area (Å²) in [6.45, 7) is 5.58. The smallest absolute Gasteiger partial charge is 0.0102 e. The molecule has 0 saturated heterocycles. The molecule has 0 nitrogen and oxygen atoms in total. The Morgan fingerprint density at radius 2 is 2.33 bits per heavy atom. The molecule has 1 heteroatoms. The second-order valence-electron chi connectivity index (χ2n) is 1.31. The Bertz CT molecular complexity index is 47.9. The van der Waals surface area contributed by atoms with E-state index in [1.54, 1.807) is 0 Å². The summed E-state index contributed by atoms with van der Waals surface area (Å²) in [6, 6.07) is 0. The van der Waals surface area contributed by atoms with Crippen LogP contribution in [0.25, 0.3) is 0 Å². The molecule has 0 N–H and O–H groups in total. The Hall–Kier alpha value is 0.0900. The molecule has 0 aliphatic rings. The van der Waals surface area contributed by atoms with Crippen LogP contribution in [0.2, 0.25) is 0 Å². The van der Waals surface area contributed by atoms with Crippen LogP contribution in [0.1, 0.15) is 19.8 Å². The fraction of sp³-hybridized carbons (Fsp3) is 0.600. The quantitative estimate of drug-likeness (QED) is 0.479. The van der Waals surface area contributed by atoms with Crippen molar-refractivity contribution in [3.8, 4) is 0 Å². The predicted molar refractivity (Wildman–Crippen MR) is 32.9 cm³/mol. The molecular weight excluding hydrogens is 92.1 g/mol. The molecule has 0 aliphatic carbocycles. The van der Waals surface area contributed by atoms with Crippen LogP contribution in [0.5, 0.6) is 0 Å². The van der Waals surface area contributed by atoms with E-state index < -0.39 is 0 Å². The van der Waals surface area contributed by atoms with Gasteiger partial charge in [0.25, 0.3) is 0 Å². The van der Waals surface area contributed by atoms with Gasteiger partial charge in [0.2, 0.25) is 0 Å². The first-order valence-corrected chi connectivity index (χ1v) is 2.47. The molecule has 0 amide bonds. The lowest BCUT2D eigenvalue weighted by Gasteiger charge is -1.84. The first kappa shape index (κ1) is 6.09. The van der Waals surface area contributed by atoms with Gasteiger partial charge in [0.1, 0.15) is 0 Å². The maximum Gasteiger partial charge on any atom is -0.0102 e. The highest BCUT2D eigenvalue weighted by Gasteiger charge is 1.78. The van der Waals surface area contributed by atoms with Crippen molar-refractivity contribution in [1.82, 2.24) is 0 Å². The average molecular weight is 101 g/mol. The molecule has 0 aliphatic heterocycles. The SMILES string of the molecule is [CH2]CCC(C)=S. The third kappa shape index (κ3) is 4.09. The van der Waals surface area contributed by atoms with Crippen molar-refractivity contribution in [3.05, 3.63) is 6.92 Å².